The van der Waals surface area contributed by atoms with Gasteiger partial charge in [-0.15, -0.1) is 0 Å². The molecule has 0 saturated carbocycles. The first kappa shape index (κ1) is 19.9. The Labute approximate surface area is 166 Å². The Morgan fingerprint density at radius 3 is 2.54 bits per heavy atom. The molecule has 1 aromatic heterocycles. The van der Waals surface area contributed by atoms with Crippen LogP contribution in [0, 0.1) is 0 Å². The van der Waals surface area contributed by atoms with Crippen molar-refractivity contribution in [2.75, 3.05) is 19.7 Å². The largest absolute Gasteiger partial charge is 0.463 e. The summed E-state index contributed by atoms with van der Waals surface area (Å²) in [7, 11) is 0. The van der Waals surface area contributed by atoms with Gasteiger partial charge in [0.1, 0.15) is 5.76 Å². The normalized spacial score (nSPS) is 17.0. The second-order valence-electron chi connectivity index (χ2n) is 6.80. The van der Waals surface area contributed by atoms with E-state index in [1.54, 1.807) is 6.20 Å². The van der Waals surface area contributed by atoms with Crippen LogP contribution < -0.4 is 0 Å². The number of pyridine rings is 1. The molecule has 2 heterocycles. The fourth-order valence-corrected chi connectivity index (χ4v) is 3.88. The Bertz CT molecular complexity index is 937. The van der Waals surface area contributed by atoms with E-state index >= 15 is 0 Å². The van der Waals surface area contributed by atoms with Crippen LogP contribution in [0.1, 0.15) is 46.1 Å². The maximum Gasteiger partial charge on any atom is 0.338 e. The molecule has 0 amide bonds. The van der Waals surface area contributed by atoms with E-state index in [1.807, 2.05) is 45.0 Å². The molecule has 0 radical (unpaired) electrons. The molecule has 5 nitrogen and oxygen atoms in total. The van der Waals surface area contributed by atoms with Gasteiger partial charge in [0.25, 0.3) is 0 Å². The maximum atomic E-state index is 12.9. The summed E-state index contributed by atoms with van der Waals surface area (Å²) in [6, 6.07) is 10.0. The van der Waals surface area contributed by atoms with Crippen LogP contribution in [0.25, 0.3) is 10.9 Å². The Morgan fingerprint density at radius 2 is 1.86 bits per heavy atom. The van der Waals surface area contributed by atoms with E-state index < -0.39 is 0 Å². The van der Waals surface area contributed by atoms with Gasteiger partial charge in [-0.25, -0.2) is 4.79 Å². The van der Waals surface area contributed by atoms with Crippen molar-refractivity contribution in [1.82, 2.24) is 9.88 Å². The van der Waals surface area contributed by atoms with Crippen molar-refractivity contribution < 1.29 is 14.3 Å². The summed E-state index contributed by atoms with van der Waals surface area (Å²) in [6.07, 6.45) is 1.80. The minimum absolute atomic E-state index is 0.240. The summed E-state index contributed by atoms with van der Waals surface area (Å²) in [5.74, 6) is 0.846. The molecule has 1 atom stereocenters. The van der Waals surface area contributed by atoms with Gasteiger partial charge >= 0.3 is 5.97 Å². The number of esters is 1. The lowest BCUT2D eigenvalue weighted by molar-refractivity contribution is -0.139. The van der Waals surface area contributed by atoms with E-state index in [2.05, 4.69) is 29.8 Å². The van der Waals surface area contributed by atoms with Crippen molar-refractivity contribution >= 4 is 16.9 Å². The molecule has 28 heavy (non-hydrogen) atoms. The zero-order chi connectivity index (χ0) is 20.3. The third-order valence-corrected chi connectivity index (χ3v) is 5.23. The van der Waals surface area contributed by atoms with Gasteiger partial charge in [0.15, 0.2) is 5.88 Å². The number of carbonyl (C=O) groups is 1. The van der Waals surface area contributed by atoms with Crippen molar-refractivity contribution in [3.8, 4) is 0 Å². The van der Waals surface area contributed by atoms with Crippen LogP contribution in [0.4, 0.5) is 0 Å². The van der Waals surface area contributed by atoms with Gasteiger partial charge in [0.2, 0.25) is 0 Å². The first-order chi connectivity index (χ1) is 13.5. The zero-order valence-electron chi connectivity index (χ0n) is 17.3. The van der Waals surface area contributed by atoms with Crippen molar-refractivity contribution in [2.45, 2.75) is 40.5 Å². The highest BCUT2D eigenvalue weighted by molar-refractivity contribution is 5.94. The predicted molar refractivity (Wildman–Crippen MR) is 111 cm³/mol. The van der Waals surface area contributed by atoms with Crippen LogP contribution in [0.15, 0.2) is 59.3 Å². The number of nitrogens with zero attached hydrogens (tertiary/aromatic N) is 2. The van der Waals surface area contributed by atoms with Crippen LogP contribution in [0.2, 0.25) is 0 Å². The number of ether oxygens (including phenoxy) is 2. The van der Waals surface area contributed by atoms with Gasteiger partial charge in [0, 0.05) is 30.6 Å². The topological polar surface area (TPSA) is 51.7 Å². The van der Waals surface area contributed by atoms with E-state index in [4.69, 9.17) is 9.47 Å². The number of fused-ring (bicyclic) bond motifs is 1. The number of aromatic nitrogens is 1. The van der Waals surface area contributed by atoms with E-state index in [-0.39, 0.29) is 11.9 Å². The highest BCUT2D eigenvalue weighted by Gasteiger charge is 2.36. The summed E-state index contributed by atoms with van der Waals surface area (Å²) in [5, 5.41) is 1.03. The average molecular weight is 380 g/mol. The summed E-state index contributed by atoms with van der Waals surface area (Å²) < 4.78 is 11.5. The van der Waals surface area contributed by atoms with Crippen LogP contribution >= 0.6 is 0 Å². The SMILES string of the molecule is CCOC(=O)C1=C(C)OC(N(CC)CC)=C(C)C1c1ccnc2ccccc12. The molecule has 5 heteroatoms. The van der Waals surface area contributed by atoms with E-state index in [1.165, 1.54) is 0 Å². The Hall–Kier alpha value is -2.82. The number of carbonyl (C=O) groups excluding carboxylic acids is 1. The van der Waals surface area contributed by atoms with Crippen LogP contribution in [-0.2, 0) is 14.3 Å². The highest BCUT2D eigenvalue weighted by Crippen LogP contribution is 2.43. The minimum Gasteiger partial charge on any atom is -0.463 e. The highest BCUT2D eigenvalue weighted by atomic mass is 16.5. The van der Waals surface area contributed by atoms with E-state index in [0.29, 0.717) is 17.9 Å². The molecule has 1 aliphatic rings. The molecule has 1 unspecified atom stereocenters. The van der Waals surface area contributed by atoms with Crippen molar-refractivity contribution in [1.29, 1.82) is 0 Å². The monoisotopic (exact) mass is 380 g/mol. The molecule has 3 rings (SSSR count). The first-order valence-electron chi connectivity index (χ1n) is 9.88. The van der Waals surface area contributed by atoms with Gasteiger partial charge in [-0.3, -0.25) is 4.98 Å². The molecule has 148 valence electrons. The quantitative estimate of drug-likeness (QED) is 0.677. The molecule has 2 aromatic rings. The fraction of sp³-hybridized carbons (Fsp3) is 0.391. The molecule has 0 spiro atoms. The lowest BCUT2D eigenvalue weighted by Crippen LogP contribution is -2.31. The summed E-state index contributed by atoms with van der Waals surface area (Å²) >= 11 is 0. The number of para-hydroxylation sites is 1. The lowest BCUT2D eigenvalue weighted by Gasteiger charge is -2.35. The predicted octanol–water partition coefficient (Wildman–Crippen LogP) is 4.76. The van der Waals surface area contributed by atoms with Crippen LogP contribution in [0.5, 0.6) is 0 Å². The number of allylic oxidation sites excluding steroid dienone is 2. The second-order valence-corrected chi connectivity index (χ2v) is 6.80. The fourth-order valence-electron chi connectivity index (χ4n) is 3.88. The van der Waals surface area contributed by atoms with Crippen molar-refractivity contribution in [2.24, 2.45) is 0 Å². The molecule has 0 bridgehead atoms. The molecule has 0 saturated heterocycles. The molecule has 0 aliphatic carbocycles. The summed E-state index contributed by atoms with van der Waals surface area (Å²) in [6.45, 7) is 11.9. The van der Waals surface area contributed by atoms with E-state index in [9.17, 15) is 4.79 Å². The molecular weight excluding hydrogens is 352 g/mol. The average Bonchev–Trinajstić information content (AvgIpc) is 2.70. The van der Waals surface area contributed by atoms with Gasteiger partial charge < -0.3 is 14.4 Å². The Morgan fingerprint density at radius 1 is 1.14 bits per heavy atom. The zero-order valence-corrected chi connectivity index (χ0v) is 17.3. The molecule has 0 N–H and O–H groups in total. The second kappa shape index (κ2) is 8.46. The van der Waals surface area contributed by atoms with Gasteiger partial charge in [-0.1, -0.05) is 18.2 Å². The van der Waals surface area contributed by atoms with Crippen LogP contribution in [0.3, 0.4) is 0 Å². The molecule has 0 fully saturated rings. The Kier molecular flexibility index (Phi) is 6.02. The number of hydrogen-bond donors (Lipinski definition) is 0. The maximum absolute atomic E-state index is 12.9. The van der Waals surface area contributed by atoms with Crippen molar-refractivity contribution in [3.05, 3.63) is 64.9 Å². The summed E-state index contributed by atoms with van der Waals surface area (Å²) in [5.41, 5.74) is 3.52. The van der Waals surface area contributed by atoms with E-state index in [0.717, 1.165) is 41.0 Å². The minimum atomic E-state index is -0.330. The van der Waals surface area contributed by atoms with Gasteiger partial charge in [-0.2, -0.15) is 0 Å². The standard InChI is InChI=1S/C23H28N2O3/c1-6-25(7-2)22-15(4)20(21(16(5)28-22)23(26)27-8-3)18-13-14-24-19-12-10-9-11-17(18)19/h9-14,20H,6-8H2,1-5H3. The number of hydrogen-bond acceptors (Lipinski definition) is 5. The number of rotatable bonds is 6. The third-order valence-electron chi connectivity index (χ3n) is 5.23. The first-order valence-corrected chi connectivity index (χ1v) is 9.88. The van der Waals surface area contributed by atoms with Crippen molar-refractivity contribution in [3.63, 3.8) is 0 Å². The van der Waals surface area contributed by atoms with Gasteiger partial charge in [-0.05, 0) is 57.9 Å². The molecular formula is C23H28N2O3. The summed E-state index contributed by atoms with van der Waals surface area (Å²) in [4.78, 5) is 19.5. The molecule has 1 aromatic carbocycles. The molecule has 1 aliphatic heterocycles. The smallest absolute Gasteiger partial charge is 0.338 e. The number of benzene rings is 1. The van der Waals surface area contributed by atoms with Crippen LogP contribution in [-0.4, -0.2) is 35.5 Å². The third kappa shape index (κ3) is 3.49. The Balaban J connectivity index is 2.25. The van der Waals surface area contributed by atoms with Gasteiger partial charge in [0.05, 0.1) is 17.7 Å². The lowest BCUT2D eigenvalue weighted by atomic mass is 9.82.